The quantitative estimate of drug-likeness (QED) is 0.568. The largest absolute Gasteiger partial charge is 0.333 e. The van der Waals surface area contributed by atoms with Crippen molar-refractivity contribution in [2.75, 3.05) is 0 Å². The summed E-state index contributed by atoms with van der Waals surface area (Å²) in [5.74, 6) is -0.207. The number of nitrogens with one attached hydrogen (secondary N) is 3. The molecule has 3 amide bonds. The molecule has 3 N–H and O–H groups in total. The molecule has 0 aliphatic rings. The highest BCUT2D eigenvalue weighted by molar-refractivity contribution is 9.10. The zero-order valence-electron chi connectivity index (χ0n) is 16.6. The van der Waals surface area contributed by atoms with Crippen molar-refractivity contribution in [2.45, 2.75) is 52.0 Å². The second-order valence-electron chi connectivity index (χ2n) is 7.78. The Morgan fingerprint density at radius 2 is 1.50 bits per heavy atom. The van der Waals surface area contributed by atoms with E-state index in [-0.39, 0.29) is 11.3 Å². The van der Waals surface area contributed by atoms with Crippen molar-refractivity contribution in [3.63, 3.8) is 0 Å². The Hall–Kier alpha value is -2.34. The molecule has 5 nitrogen and oxygen atoms in total. The molecule has 0 aromatic heterocycles. The number of urea groups is 1. The van der Waals surface area contributed by atoms with E-state index in [9.17, 15) is 9.59 Å². The number of hydrazine groups is 1. The van der Waals surface area contributed by atoms with Gasteiger partial charge in [0.1, 0.15) is 0 Å². The Morgan fingerprint density at radius 3 is 2.11 bits per heavy atom. The van der Waals surface area contributed by atoms with Gasteiger partial charge in [-0.2, -0.15) is 0 Å². The summed E-state index contributed by atoms with van der Waals surface area (Å²) in [4.78, 5) is 23.7. The highest BCUT2D eigenvalue weighted by atomic mass is 79.9. The minimum absolute atomic E-state index is 0.102. The summed E-state index contributed by atoms with van der Waals surface area (Å²) in [7, 11) is 0. The Balaban J connectivity index is 1.63. The van der Waals surface area contributed by atoms with Crippen LogP contribution in [0.4, 0.5) is 4.79 Å². The summed E-state index contributed by atoms with van der Waals surface area (Å²) in [6.45, 7) is 6.88. The van der Waals surface area contributed by atoms with Crippen molar-refractivity contribution in [1.29, 1.82) is 0 Å². The van der Waals surface area contributed by atoms with E-state index >= 15 is 0 Å². The molecule has 2 aromatic carbocycles. The van der Waals surface area contributed by atoms with Crippen LogP contribution in [-0.2, 0) is 23.2 Å². The maximum Gasteiger partial charge on any atom is 0.333 e. The fourth-order valence-corrected chi connectivity index (χ4v) is 2.91. The first-order chi connectivity index (χ1) is 13.2. The van der Waals surface area contributed by atoms with Crippen LogP contribution >= 0.6 is 15.9 Å². The number of rotatable bonds is 6. The van der Waals surface area contributed by atoms with Crippen molar-refractivity contribution < 1.29 is 9.59 Å². The average molecular weight is 446 g/mol. The summed E-state index contributed by atoms with van der Waals surface area (Å²) in [6.07, 6.45) is 1.89. The highest BCUT2D eigenvalue weighted by Gasteiger charge is 2.13. The van der Waals surface area contributed by atoms with Gasteiger partial charge in [-0.1, -0.05) is 73.1 Å². The van der Waals surface area contributed by atoms with E-state index < -0.39 is 6.03 Å². The normalized spacial score (nSPS) is 11.0. The molecule has 0 unspecified atom stereocenters. The van der Waals surface area contributed by atoms with Crippen LogP contribution in [0.25, 0.3) is 0 Å². The summed E-state index contributed by atoms with van der Waals surface area (Å²) >= 11 is 3.40. The monoisotopic (exact) mass is 445 g/mol. The van der Waals surface area contributed by atoms with Crippen molar-refractivity contribution >= 4 is 27.9 Å². The first-order valence-electron chi connectivity index (χ1n) is 9.40. The lowest BCUT2D eigenvalue weighted by Gasteiger charge is -2.19. The Kier molecular flexibility index (Phi) is 8.05. The van der Waals surface area contributed by atoms with Gasteiger partial charge in [-0.25, -0.2) is 10.2 Å². The smallest absolute Gasteiger partial charge is 0.333 e. The molecule has 0 radical (unpaired) electrons. The molecule has 150 valence electrons. The molecule has 0 saturated carbocycles. The Labute approximate surface area is 175 Å². The average Bonchev–Trinajstić information content (AvgIpc) is 2.66. The van der Waals surface area contributed by atoms with Gasteiger partial charge in [0.25, 0.3) is 0 Å². The van der Waals surface area contributed by atoms with E-state index in [1.165, 1.54) is 11.1 Å². The zero-order chi connectivity index (χ0) is 20.6. The summed E-state index contributed by atoms with van der Waals surface area (Å²) in [6, 6.07) is 15.7. The first-order valence-corrected chi connectivity index (χ1v) is 10.2. The molecule has 0 aliphatic heterocycles. The third-order valence-electron chi connectivity index (χ3n) is 4.37. The van der Waals surface area contributed by atoms with Gasteiger partial charge in [0.05, 0.1) is 0 Å². The van der Waals surface area contributed by atoms with E-state index in [4.69, 9.17) is 0 Å². The molecule has 0 fully saturated rings. The van der Waals surface area contributed by atoms with Crippen molar-refractivity contribution in [2.24, 2.45) is 0 Å². The minimum atomic E-state index is -0.429. The predicted molar refractivity (Wildman–Crippen MR) is 116 cm³/mol. The van der Waals surface area contributed by atoms with Crippen molar-refractivity contribution in [3.8, 4) is 0 Å². The van der Waals surface area contributed by atoms with Crippen LogP contribution in [-0.4, -0.2) is 11.9 Å². The molecule has 0 atom stereocenters. The van der Waals surface area contributed by atoms with Gasteiger partial charge in [-0.3, -0.25) is 10.2 Å². The maximum absolute atomic E-state index is 11.8. The van der Waals surface area contributed by atoms with E-state index in [0.717, 1.165) is 22.9 Å². The van der Waals surface area contributed by atoms with Crippen molar-refractivity contribution in [3.05, 3.63) is 69.7 Å². The van der Waals surface area contributed by atoms with E-state index in [1.807, 2.05) is 36.4 Å². The lowest BCUT2D eigenvalue weighted by Crippen LogP contribution is -2.46. The number of aryl methyl sites for hydroxylation is 1. The maximum atomic E-state index is 11.8. The van der Waals surface area contributed by atoms with E-state index in [1.54, 1.807) is 0 Å². The minimum Gasteiger partial charge on any atom is -0.333 e. The molecule has 0 saturated heterocycles. The molecule has 6 heteroatoms. The van der Waals surface area contributed by atoms with Crippen LogP contribution < -0.4 is 16.2 Å². The molecular formula is C22H28BrN3O2. The zero-order valence-corrected chi connectivity index (χ0v) is 18.2. The first kappa shape index (κ1) is 22.0. The SMILES string of the molecule is CC(C)(C)c1ccc(CNC(=O)NNC(=O)CCCc2ccc(Br)cc2)cc1. The van der Waals surface area contributed by atoms with Gasteiger partial charge in [0, 0.05) is 17.4 Å². The van der Waals surface area contributed by atoms with Crippen LogP contribution in [0, 0.1) is 0 Å². The lowest BCUT2D eigenvalue weighted by molar-refractivity contribution is -0.121. The number of carbonyl (C=O) groups is 2. The van der Waals surface area contributed by atoms with Gasteiger partial charge in [-0.05, 0) is 47.1 Å². The predicted octanol–water partition coefficient (Wildman–Crippen LogP) is 4.60. The lowest BCUT2D eigenvalue weighted by atomic mass is 9.87. The standard InChI is InChI=1S/C22H28BrN3O2/c1-22(2,3)18-11-7-17(8-12-18)15-24-21(28)26-25-20(27)6-4-5-16-9-13-19(23)14-10-16/h7-14H,4-6,15H2,1-3H3,(H,25,27)(H2,24,26,28). The summed E-state index contributed by atoms with van der Waals surface area (Å²) < 4.78 is 1.04. The Morgan fingerprint density at radius 1 is 0.893 bits per heavy atom. The fraction of sp³-hybridized carbons (Fsp3) is 0.364. The molecule has 0 heterocycles. The fourth-order valence-electron chi connectivity index (χ4n) is 2.64. The molecule has 2 rings (SSSR count). The number of carbonyl (C=O) groups excluding carboxylic acids is 2. The van der Waals surface area contributed by atoms with Crippen LogP contribution in [0.2, 0.25) is 0 Å². The number of benzene rings is 2. The molecule has 28 heavy (non-hydrogen) atoms. The molecule has 0 aliphatic carbocycles. The van der Waals surface area contributed by atoms with Crippen LogP contribution in [0.15, 0.2) is 53.0 Å². The van der Waals surface area contributed by atoms with Gasteiger partial charge >= 0.3 is 6.03 Å². The second kappa shape index (κ2) is 10.3. The van der Waals surface area contributed by atoms with Crippen LogP contribution in [0.5, 0.6) is 0 Å². The van der Waals surface area contributed by atoms with E-state index in [0.29, 0.717) is 13.0 Å². The number of halogens is 1. The number of hydrogen-bond donors (Lipinski definition) is 3. The third-order valence-corrected chi connectivity index (χ3v) is 4.90. The third kappa shape index (κ3) is 7.72. The number of hydrogen-bond acceptors (Lipinski definition) is 2. The van der Waals surface area contributed by atoms with Gasteiger partial charge in [0.15, 0.2) is 0 Å². The van der Waals surface area contributed by atoms with Crippen LogP contribution in [0.3, 0.4) is 0 Å². The summed E-state index contributed by atoms with van der Waals surface area (Å²) in [5.41, 5.74) is 8.36. The van der Waals surface area contributed by atoms with Crippen molar-refractivity contribution in [1.82, 2.24) is 16.2 Å². The highest BCUT2D eigenvalue weighted by Crippen LogP contribution is 2.22. The second-order valence-corrected chi connectivity index (χ2v) is 8.70. The molecule has 0 bridgehead atoms. The number of amides is 3. The van der Waals surface area contributed by atoms with Gasteiger partial charge in [0.2, 0.25) is 5.91 Å². The molecule has 2 aromatic rings. The van der Waals surface area contributed by atoms with Gasteiger partial charge < -0.3 is 5.32 Å². The molecule has 0 spiro atoms. The molecular weight excluding hydrogens is 418 g/mol. The topological polar surface area (TPSA) is 70.2 Å². The van der Waals surface area contributed by atoms with E-state index in [2.05, 4.69) is 65.0 Å². The summed E-state index contributed by atoms with van der Waals surface area (Å²) in [5, 5.41) is 2.73. The van der Waals surface area contributed by atoms with Gasteiger partial charge in [-0.15, -0.1) is 0 Å². The Bertz CT molecular complexity index is 781. The van der Waals surface area contributed by atoms with Crippen LogP contribution in [0.1, 0.15) is 50.3 Å².